The number of hydrogen-bond acceptors (Lipinski definition) is 11. The summed E-state index contributed by atoms with van der Waals surface area (Å²) in [6.45, 7) is 10.1. The number of allylic oxidation sites excluding steroid dienone is 1. The molecular weight excluding hydrogens is 588 g/mol. The van der Waals surface area contributed by atoms with E-state index >= 15 is 0 Å². The van der Waals surface area contributed by atoms with Gasteiger partial charge >= 0.3 is 11.9 Å². The Morgan fingerprint density at radius 3 is 2.18 bits per heavy atom. The largest absolute Gasteiger partial charge is 0.490 e. The number of thiazole rings is 1. The zero-order valence-electron chi connectivity index (χ0n) is 25.6. The Balaban J connectivity index is 1.88. The third kappa shape index (κ3) is 6.96. The van der Waals surface area contributed by atoms with Gasteiger partial charge in [0.2, 0.25) is 0 Å². The van der Waals surface area contributed by atoms with Crippen LogP contribution in [0, 0.1) is 0 Å². The minimum Gasteiger partial charge on any atom is -0.490 e. The highest BCUT2D eigenvalue weighted by molar-refractivity contribution is 7.07. The van der Waals surface area contributed by atoms with Crippen LogP contribution >= 0.6 is 11.3 Å². The number of aromatic nitrogens is 1. The molecule has 0 unspecified atom stereocenters. The SMILES string of the molecule is CCOC(=O)C1=C(C)N=c2s/c(=C\c3ccc(OCC)c(OCC)c3)c(=O)n2[C@H]1c1ccc(OCC(=O)OC)c(OCC)c1. The molecule has 11 nitrogen and oxygen atoms in total. The van der Waals surface area contributed by atoms with Crippen LogP contribution in [0.15, 0.2) is 57.5 Å². The molecule has 1 aromatic heterocycles. The molecule has 0 amide bonds. The highest BCUT2D eigenvalue weighted by atomic mass is 32.1. The molecule has 1 atom stereocenters. The summed E-state index contributed by atoms with van der Waals surface area (Å²) in [4.78, 5) is 44.1. The lowest BCUT2D eigenvalue weighted by Crippen LogP contribution is -2.40. The summed E-state index contributed by atoms with van der Waals surface area (Å²) in [6, 6.07) is 9.66. The Kier molecular flexibility index (Phi) is 10.8. The lowest BCUT2D eigenvalue weighted by Gasteiger charge is -2.25. The lowest BCUT2D eigenvalue weighted by atomic mass is 9.95. The Hall–Kier alpha value is -4.58. The molecule has 0 saturated carbocycles. The summed E-state index contributed by atoms with van der Waals surface area (Å²) >= 11 is 1.21. The summed E-state index contributed by atoms with van der Waals surface area (Å²) < 4.78 is 34.9. The van der Waals surface area contributed by atoms with Crippen molar-refractivity contribution in [3.8, 4) is 23.0 Å². The van der Waals surface area contributed by atoms with Gasteiger partial charge in [0.05, 0.1) is 55.4 Å². The molecule has 0 fully saturated rings. The van der Waals surface area contributed by atoms with Crippen molar-refractivity contribution in [3.05, 3.63) is 78.5 Å². The molecule has 234 valence electrons. The molecule has 2 aromatic carbocycles. The minimum atomic E-state index is -0.861. The number of methoxy groups -OCH3 is 1. The fourth-order valence-electron chi connectivity index (χ4n) is 4.69. The Labute approximate surface area is 258 Å². The second-order valence-corrected chi connectivity index (χ2v) is 10.4. The number of hydrogen-bond donors (Lipinski definition) is 0. The molecule has 4 rings (SSSR count). The van der Waals surface area contributed by atoms with E-state index in [1.165, 1.54) is 23.0 Å². The van der Waals surface area contributed by atoms with Gasteiger partial charge in [0.15, 0.2) is 34.4 Å². The predicted octanol–water partition coefficient (Wildman–Crippen LogP) is 3.55. The molecule has 1 aliphatic heterocycles. The maximum atomic E-state index is 14.0. The number of benzene rings is 2. The van der Waals surface area contributed by atoms with Crippen LogP contribution in [0.4, 0.5) is 0 Å². The van der Waals surface area contributed by atoms with Crippen molar-refractivity contribution in [3.63, 3.8) is 0 Å². The zero-order chi connectivity index (χ0) is 31.8. The number of carbonyl (C=O) groups is 2. The van der Waals surface area contributed by atoms with Gasteiger partial charge < -0.3 is 28.4 Å². The van der Waals surface area contributed by atoms with E-state index in [2.05, 4.69) is 9.73 Å². The number of nitrogens with zero attached hydrogens (tertiary/aromatic N) is 2. The molecule has 0 saturated heterocycles. The fraction of sp³-hybridized carbons (Fsp3) is 0.375. The van der Waals surface area contributed by atoms with E-state index in [9.17, 15) is 14.4 Å². The van der Waals surface area contributed by atoms with Gasteiger partial charge in [0.25, 0.3) is 5.56 Å². The van der Waals surface area contributed by atoms with Crippen molar-refractivity contribution >= 4 is 29.4 Å². The minimum absolute atomic E-state index is 0.150. The van der Waals surface area contributed by atoms with Gasteiger partial charge in [0, 0.05) is 0 Å². The monoisotopic (exact) mass is 624 g/mol. The first-order chi connectivity index (χ1) is 21.3. The third-order valence-corrected chi connectivity index (χ3v) is 7.52. The van der Waals surface area contributed by atoms with Crippen LogP contribution in [-0.2, 0) is 19.1 Å². The molecule has 44 heavy (non-hydrogen) atoms. The number of esters is 2. The second-order valence-electron chi connectivity index (χ2n) is 9.38. The van der Waals surface area contributed by atoms with E-state index in [4.69, 9.17) is 23.7 Å². The highest BCUT2D eigenvalue weighted by Gasteiger charge is 2.34. The molecule has 2 heterocycles. The number of carbonyl (C=O) groups excluding carboxylic acids is 2. The highest BCUT2D eigenvalue weighted by Crippen LogP contribution is 2.36. The zero-order valence-corrected chi connectivity index (χ0v) is 26.4. The van der Waals surface area contributed by atoms with E-state index in [0.29, 0.717) is 63.4 Å². The van der Waals surface area contributed by atoms with Gasteiger partial charge in [-0.1, -0.05) is 23.5 Å². The van der Waals surface area contributed by atoms with Crippen molar-refractivity contribution in [2.45, 2.75) is 40.7 Å². The summed E-state index contributed by atoms with van der Waals surface area (Å²) in [6.07, 6.45) is 1.76. The summed E-state index contributed by atoms with van der Waals surface area (Å²) in [7, 11) is 1.27. The Morgan fingerprint density at radius 1 is 0.886 bits per heavy atom. The maximum absolute atomic E-state index is 14.0. The second kappa shape index (κ2) is 14.7. The Morgan fingerprint density at radius 2 is 1.52 bits per heavy atom. The number of ether oxygens (including phenoxy) is 6. The number of rotatable bonds is 13. The van der Waals surface area contributed by atoms with E-state index in [0.717, 1.165) is 5.56 Å². The fourth-order valence-corrected chi connectivity index (χ4v) is 5.74. The Bertz CT molecular complexity index is 1740. The molecular formula is C32H36N2O9S. The summed E-state index contributed by atoms with van der Waals surface area (Å²) in [5.74, 6) is 0.718. The van der Waals surface area contributed by atoms with Crippen LogP contribution in [0.5, 0.6) is 23.0 Å². The first kappa shape index (κ1) is 32.3. The summed E-state index contributed by atoms with van der Waals surface area (Å²) in [5.41, 5.74) is 1.65. The third-order valence-electron chi connectivity index (χ3n) is 6.54. The van der Waals surface area contributed by atoms with Crippen LogP contribution in [-0.4, -0.2) is 56.6 Å². The van der Waals surface area contributed by atoms with Gasteiger partial charge in [-0.15, -0.1) is 0 Å². The molecule has 0 spiro atoms. The average Bonchev–Trinajstić information content (AvgIpc) is 3.31. The van der Waals surface area contributed by atoms with Crippen molar-refractivity contribution < 1.29 is 38.0 Å². The van der Waals surface area contributed by atoms with Crippen molar-refractivity contribution in [1.82, 2.24) is 4.57 Å². The molecule has 0 bridgehead atoms. The summed E-state index contributed by atoms with van der Waals surface area (Å²) in [5, 5.41) is 0. The smallest absolute Gasteiger partial charge is 0.343 e. The van der Waals surface area contributed by atoms with Gasteiger partial charge in [-0.3, -0.25) is 9.36 Å². The van der Waals surface area contributed by atoms with Gasteiger partial charge in [0.1, 0.15) is 0 Å². The predicted molar refractivity (Wildman–Crippen MR) is 164 cm³/mol. The topological polar surface area (TPSA) is 124 Å². The van der Waals surface area contributed by atoms with Crippen LogP contribution in [0.3, 0.4) is 0 Å². The first-order valence-electron chi connectivity index (χ1n) is 14.3. The van der Waals surface area contributed by atoms with Crippen molar-refractivity contribution in [2.75, 3.05) is 40.1 Å². The quantitative estimate of drug-likeness (QED) is 0.263. The van der Waals surface area contributed by atoms with E-state index in [1.807, 2.05) is 39.0 Å². The molecule has 1 aliphatic rings. The van der Waals surface area contributed by atoms with Crippen LogP contribution in [0.1, 0.15) is 51.8 Å². The number of fused-ring (bicyclic) bond motifs is 1. The standard InChI is InChI=1S/C32H36N2O9S/c1-7-39-22-13-11-20(15-24(22)40-8-2)16-26-30(36)34-29(28(31(37)42-10-4)19(5)33-32(34)44-26)21-12-14-23(25(17-21)41-9-3)43-18-27(35)38-6/h11-17,29H,7-10,18H2,1-6H3/b26-16-/t29-/m0/s1. The van der Waals surface area contributed by atoms with E-state index in [1.54, 1.807) is 38.1 Å². The molecule has 12 heteroatoms. The van der Waals surface area contributed by atoms with Crippen LogP contribution in [0.25, 0.3) is 6.08 Å². The van der Waals surface area contributed by atoms with E-state index < -0.39 is 18.0 Å². The average molecular weight is 625 g/mol. The van der Waals surface area contributed by atoms with Gasteiger partial charge in [-0.05, 0) is 76.1 Å². The molecule has 0 radical (unpaired) electrons. The van der Waals surface area contributed by atoms with Crippen LogP contribution < -0.4 is 33.8 Å². The first-order valence-corrected chi connectivity index (χ1v) is 15.1. The van der Waals surface area contributed by atoms with Crippen molar-refractivity contribution in [1.29, 1.82) is 0 Å². The maximum Gasteiger partial charge on any atom is 0.343 e. The van der Waals surface area contributed by atoms with Gasteiger partial charge in [-0.2, -0.15) is 0 Å². The van der Waals surface area contributed by atoms with Crippen LogP contribution in [0.2, 0.25) is 0 Å². The van der Waals surface area contributed by atoms with Gasteiger partial charge in [-0.25, -0.2) is 14.6 Å². The lowest BCUT2D eigenvalue weighted by molar-refractivity contribution is -0.143. The van der Waals surface area contributed by atoms with Crippen molar-refractivity contribution in [2.24, 2.45) is 4.99 Å². The van der Waals surface area contributed by atoms with E-state index in [-0.39, 0.29) is 24.3 Å². The normalized spacial score (nSPS) is 14.4. The molecule has 0 N–H and O–H groups in total. The molecule has 3 aromatic rings. The molecule has 0 aliphatic carbocycles.